The molecule has 4 aromatic rings. The molecule has 8 nitrogen and oxygen atoms in total. The smallest absolute Gasteiger partial charge is 0.270 e. The van der Waals surface area contributed by atoms with Gasteiger partial charge in [0, 0.05) is 41.3 Å². The van der Waals surface area contributed by atoms with Gasteiger partial charge in [-0.15, -0.1) is 0 Å². The van der Waals surface area contributed by atoms with Gasteiger partial charge in [-0.1, -0.05) is 59.6 Å². The van der Waals surface area contributed by atoms with E-state index in [-0.39, 0.29) is 32.1 Å². The minimum atomic E-state index is -0.645. The summed E-state index contributed by atoms with van der Waals surface area (Å²) in [7, 11) is 0. The molecule has 1 saturated heterocycles. The van der Waals surface area contributed by atoms with Gasteiger partial charge in [0.15, 0.2) is 5.11 Å². The second kappa shape index (κ2) is 9.78. The van der Waals surface area contributed by atoms with Crippen LogP contribution in [0.15, 0.2) is 78.5 Å². The van der Waals surface area contributed by atoms with Crippen molar-refractivity contribution in [3.8, 4) is 0 Å². The van der Waals surface area contributed by atoms with Crippen LogP contribution in [0.4, 0.5) is 11.4 Å². The van der Waals surface area contributed by atoms with Gasteiger partial charge in [-0.3, -0.25) is 29.9 Å². The van der Waals surface area contributed by atoms with E-state index in [1.54, 1.807) is 36.5 Å². The fourth-order valence-corrected chi connectivity index (χ4v) is 4.84. The van der Waals surface area contributed by atoms with Crippen molar-refractivity contribution in [2.75, 3.05) is 4.90 Å². The van der Waals surface area contributed by atoms with Gasteiger partial charge >= 0.3 is 0 Å². The number of hydrogen-bond donors (Lipinski definition) is 1. The first-order valence-corrected chi connectivity index (χ1v) is 12.1. The Bertz CT molecular complexity index is 1660. The van der Waals surface area contributed by atoms with Crippen LogP contribution >= 0.6 is 35.4 Å². The van der Waals surface area contributed by atoms with Gasteiger partial charge in [-0.25, -0.2) is 0 Å². The molecule has 37 heavy (non-hydrogen) atoms. The molecule has 0 spiro atoms. The molecule has 0 unspecified atom stereocenters. The molecule has 3 aromatic carbocycles. The molecule has 1 aliphatic rings. The lowest BCUT2D eigenvalue weighted by Crippen LogP contribution is -2.54. The fourth-order valence-electron chi connectivity index (χ4n) is 4.18. The Balaban J connectivity index is 1.57. The van der Waals surface area contributed by atoms with Gasteiger partial charge in [0.05, 0.1) is 20.7 Å². The van der Waals surface area contributed by atoms with Gasteiger partial charge in [0.25, 0.3) is 17.5 Å². The molecule has 0 radical (unpaired) electrons. The van der Waals surface area contributed by atoms with E-state index in [1.165, 1.54) is 18.2 Å². The number of carbonyl (C=O) groups is 2. The zero-order valence-electron chi connectivity index (χ0n) is 18.9. The van der Waals surface area contributed by atoms with Crippen LogP contribution in [0.3, 0.4) is 0 Å². The maximum Gasteiger partial charge on any atom is 0.270 e. The number of benzene rings is 3. The topological polar surface area (TPSA) is 97.5 Å². The number of nitrogens with zero attached hydrogens (tertiary/aromatic N) is 3. The highest BCUT2D eigenvalue weighted by molar-refractivity contribution is 7.80. The number of halogens is 2. The summed E-state index contributed by atoms with van der Waals surface area (Å²) < 4.78 is 1.90. The molecule has 0 atom stereocenters. The zero-order chi connectivity index (χ0) is 26.3. The van der Waals surface area contributed by atoms with Gasteiger partial charge < -0.3 is 4.57 Å². The number of hydrogen-bond acceptors (Lipinski definition) is 5. The van der Waals surface area contributed by atoms with E-state index < -0.39 is 16.7 Å². The second-order valence-corrected chi connectivity index (χ2v) is 9.36. The van der Waals surface area contributed by atoms with Crippen LogP contribution in [-0.4, -0.2) is 26.4 Å². The number of aromatic nitrogens is 1. The van der Waals surface area contributed by atoms with Crippen molar-refractivity contribution in [2.24, 2.45) is 0 Å². The number of fused-ring (bicyclic) bond motifs is 1. The van der Waals surface area contributed by atoms with Crippen molar-refractivity contribution in [1.29, 1.82) is 0 Å². The first kappa shape index (κ1) is 24.6. The third kappa shape index (κ3) is 4.60. The highest BCUT2D eigenvalue weighted by Crippen LogP contribution is 2.35. The number of anilines is 1. The molecule has 1 fully saturated rings. The number of nitro benzene ring substituents is 1. The standard InChI is InChI=1S/C26H16Cl2N4O4S/c27-20-8-4-10-22(23(20)28)31-25(34)19(24(33)29-26(31)37)12-16-14-30(21-9-2-1-7-18(16)21)13-15-5-3-6-17(11-15)32(35)36/h1-12,14H,13H2,(H,29,33,37)/b19-12+. The van der Waals surface area contributed by atoms with E-state index in [0.29, 0.717) is 12.1 Å². The molecule has 1 N–H and O–H groups in total. The number of rotatable bonds is 5. The maximum atomic E-state index is 13.5. The predicted octanol–water partition coefficient (Wildman–Crippen LogP) is 5.74. The lowest BCUT2D eigenvalue weighted by atomic mass is 10.1. The van der Waals surface area contributed by atoms with Gasteiger partial charge in [0.1, 0.15) is 5.57 Å². The molecule has 2 heterocycles. The van der Waals surface area contributed by atoms with E-state index in [2.05, 4.69) is 5.32 Å². The zero-order valence-corrected chi connectivity index (χ0v) is 21.2. The minimum Gasteiger partial charge on any atom is -0.342 e. The number of nitro groups is 1. The van der Waals surface area contributed by atoms with Crippen LogP contribution in [0.5, 0.6) is 0 Å². The molecule has 1 aromatic heterocycles. The number of para-hydroxylation sites is 1. The second-order valence-electron chi connectivity index (χ2n) is 8.19. The molecular formula is C26H16Cl2N4O4S. The Kier molecular flexibility index (Phi) is 6.51. The molecule has 0 bridgehead atoms. The van der Waals surface area contributed by atoms with E-state index in [4.69, 9.17) is 35.4 Å². The summed E-state index contributed by atoms with van der Waals surface area (Å²) in [5.74, 6) is -1.28. The normalized spacial score (nSPS) is 14.9. The number of amides is 2. The molecule has 0 saturated carbocycles. The number of carbonyl (C=O) groups excluding carboxylic acids is 2. The van der Waals surface area contributed by atoms with Crippen molar-refractivity contribution < 1.29 is 14.5 Å². The maximum absolute atomic E-state index is 13.5. The summed E-state index contributed by atoms with van der Waals surface area (Å²) in [6, 6.07) is 18.6. The van der Waals surface area contributed by atoms with E-state index in [1.807, 2.05) is 28.8 Å². The predicted molar refractivity (Wildman–Crippen MR) is 147 cm³/mol. The summed E-state index contributed by atoms with van der Waals surface area (Å²) in [4.78, 5) is 38.2. The van der Waals surface area contributed by atoms with Crippen molar-refractivity contribution in [1.82, 2.24) is 9.88 Å². The van der Waals surface area contributed by atoms with Crippen LogP contribution in [0.25, 0.3) is 17.0 Å². The first-order valence-electron chi connectivity index (χ1n) is 10.9. The molecule has 2 amide bonds. The molecule has 184 valence electrons. The van der Waals surface area contributed by atoms with Gasteiger partial charge in [0.2, 0.25) is 0 Å². The Morgan fingerprint density at radius 1 is 1.03 bits per heavy atom. The molecular weight excluding hydrogens is 535 g/mol. The number of thiocarbonyl (C=S) groups is 1. The summed E-state index contributed by atoms with van der Waals surface area (Å²) in [5, 5.41) is 14.8. The average molecular weight is 551 g/mol. The average Bonchev–Trinajstić information content (AvgIpc) is 3.21. The van der Waals surface area contributed by atoms with Crippen molar-refractivity contribution >= 4 is 80.7 Å². The Hall–Kier alpha value is -4.05. The van der Waals surface area contributed by atoms with Crippen LogP contribution in [0, 0.1) is 10.1 Å². The van der Waals surface area contributed by atoms with Crippen LogP contribution in [-0.2, 0) is 16.1 Å². The molecule has 5 rings (SSSR count). The molecule has 1 aliphatic heterocycles. The lowest BCUT2D eigenvalue weighted by molar-refractivity contribution is -0.384. The van der Waals surface area contributed by atoms with Crippen molar-refractivity contribution in [3.63, 3.8) is 0 Å². The highest BCUT2D eigenvalue weighted by atomic mass is 35.5. The van der Waals surface area contributed by atoms with Gasteiger partial charge in [-0.2, -0.15) is 0 Å². The first-order chi connectivity index (χ1) is 17.7. The van der Waals surface area contributed by atoms with Crippen LogP contribution in [0.1, 0.15) is 11.1 Å². The summed E-state index contributed by atoms with van der Waals surface area (Å²) in [6.45, 7) is 0.347. The third-order valence-electron chi connectivity index (χ3n) is 5.87. The summed E-state index contributed by atoms with van der Waals surface area (Å²) in [6.07, 6.45) is 3.29. The van der Waals surface area contributed by atoms with E-state index in [9.17, 15) is 19.7 Å². The Morgan fingerprint density at radius 2 is 1.78 bits per heavy atom. The van der Waals surface area contributed by atoms with Crippen LogP contribution in [0.2, 0.25) is 10.0 Å². The van der Waals surface area contributed by atoms with Crippen molar-refractivity contribution in [2.45, 2.75) is 6.54 Å². The quantitative estimate of drug-likeness (QED) is 0.112. The third-order valence-corrected chi connectivity index (χ3v) is 6.96. The Morgan fingerprint density at radius 3 is 2.57 bits per heavy atom. The molecule has 0 aliphatic carbocycles. The lowest BCUT2D eigenvalue weighted by Gasteiger charge is -2.29. The largest absolute Gasteiger partial charge is 0.342 e. The van der Waals surface area contributed by atoms with Crippen LogP contribution < -0.4 is 10.2 Å². The summed E-state index contributed by atoms with van der Waals surface area (Å²) >= 11 is 17.7. The SMILES string of the molecule is O=C1NC(=S)N(c2cccc(Cl)c2Cl)C(=O)/C1=C/c1cn(Cc2cccc([N+](=O)[O-])c2)c2ccccc12. The fraction of sp³-hybridized carbons (Fsp3) is 0.0385. The Labute approximate surface area is 225 Å². The summed E-state index contributed by atoms with van der Waals surface area (Å²) in [5.41, 5.74) is 2.29. The number of nitrogens with one attached hydrogen (secondary N) is 1. The van der Waals surface area contributed by atoms with E-state index >= 15 is 0 Å². The van der Waals surface area contributed by atoms with Crippen molar-refractivity contribution in [3.05, 3.63) is 110 Å². The van der Waals surface area contributed by atoms with E-state index in [0.717, 1.165) is 21.4 Å². The van der Waals surface area contributed by atoms with Gasteiger partial charge in [-0.05, 0) is 42.1 Å². The number of non-ortho nitro benzene ring substituents is 1. The highest BCUT2D eigenvalue weighted by Gasteiger charge is 2.36. The molecule has 11 heteroatoms. The minimum absolute atomic E-state index is 0.00323. The monoisotopic (exact) mass is 550 g/mol.